The minimum atomic E-state index is -0.636. The fourth-order valence-corrected chi connectivity index (χ4v) is 4.56. The maximum absolute atomic E-state index is 14.0. The molecule has 0 heterocycles. The van der Waals surface area contributed by atoms with Crippen LogP contribution in [0.2, 0.25) is 5.02 Å². The zero-order valence-electron chi connectivity index (χ0n) is 17.8. The lowest BCUT2D eigenvalue weighted by molar-refractivity contribution is -0.138. The number of thioether (sulfide) groups is 1. The van der Waals surface area contributed by atoms with E-state index in [1.54, 1.807) is 24.0 Å². The molecule has 0 aromatic heterocycles. The molecule has 0 fully saturated rings. The van der Waals surface area contributed by atoms with Crippen LogP contribution in [-0.2, 0) is 21.9 Å². The molecule has 1 atom stereocenters. The summed E-state index contributed by atoms with van der Waals surface area (Å²) in [6, 6.07) is 11.5. The number of carbonyl (C=O) groups excluding carboxylic acids is 2. The highest BCUT2D eigenvalue weighted by Gasteiger charge is 2.26. The zero-order valence-corrected chi connectivity index (χ0v) is 21.0. The molecular formula is C23H27BrClFN2O2S. The number of rotatable bonds is 10. The monoisotopic (exact) mass is 528 g/mol. The van der Waals surface area contributed by atoms with Gasteiger partial charge >= 0.3 is 0 Å². The van der Waals surface area contributed by atoms with E-state index >= 15 is 0 Å². The van der Waals surface area contributed by atoms with E-state index in [4.69, 9.17) is 11.6 Å². The summed E-state index contributed by atoms with van der Waals surface area (Å²) in [5.74, 6) is -0.0775. The van der Waals surface area contributed by atoms with E-state index in [1.165, 1.54) is 17.8 Å². The number of nitrogens with zero attached hydrogens (tertiary/aromatic N) is 1. The summed E-state index contributed by atoms with van der Waals surface area (Å²) in [5.41, 5.74) is 1.29. The van der Waals surface area contributed by atoms with Crippen molar-refractivity contribution in [3.63, 3.8) is 0 Å². The zero-order chi connectivity index (χ0) is 23.0. The Kier molecular flexibility index (Phi) is 10.3. The van der Waals surface area contributed by atoms with E-state index in [1.807, 2.05) is 38.1 Å². The average Bonchev–Trinajstić information content (AvgIpc) is 2.71. The molecule has 1 N–H and O–H groups in total. The van der Waals surface area contributed by atoms with Crippen LogP contribution in [0.5, 0.6) is 0 Å². The normalized spacial score (nSPS) is 12.0. The van der Waals surface area contributed by atoms with Gasteiger partial charge in [-0.05, 0) is 42.7 Å². The van der Waals surface area contributed by atoms with Crippen molar-refractivity contribution in [1.82, 2.24) is 10.2 Å². The molecule has 2 rings (SSSR count). The van der Waals surface area contributed by atoms with Crippen LogP contribution in [0.1, 0.15) is 31.9 Å². The number of nitrogens with one attached hydrogen (secondary N) is 1. The summed E-state index contributed by atoms with van der Waals surface area (Å²) in [4.78, 5) is 27.3. The molecule has 0 saturated heterocycles. The molecule has 2 amide bonds. The SMILES string of the molecule is CC(C)CNC(=O)[C@H](C)N(Cc1cccc(Br)c1)C(=O)CSCc1c(F)cccc1Cl. The standard InChI is InChI=1S/C23H27BrClFN2O2S/c1-15(2)11-27-23(30)16(3)28(12-17-6-4-7-18(24)10-17)22(29)14-31-13-19-20(25)8-5-9-21(19)26/h4-10,15-16H,11-14H2,1-3H3,(H,27,30)/t16-/m0/s1. The highest BCUT2D eigenvalue weighted by Crippen LogP contribution is 2.24. The van der Waals surface area contributed by atoms with Crippen LogP contribution in [0.4, 0.5) is 4.39 Å². The van der Waals surface area contributed by atoms with Gasteiger partial charge in [0.15, 0.2) is 0 Å². The number of benzene rings is 2. The molecule has 4 nitrogen and oxygen atoms in total. The fourth-order valence-electron chi connectivity index (χ4n) is 2.86. The molecule has 2 aromatic rings. The van der Waals surface area contributed by atoms with Crippen molar-refractivity contribution >= 4 is 51.1 Å². The number of hydrogen-bond donors (Lipinski definition) is 1. The fraction of sp³-hybridized carbons (Fsp3) is 0.391. The van der Waals surface area contributed by atoms with E-state index in [0.29, 0.717) is 29.6 Å². The third-order valence-electron chi connectivity index (χ3n) is 4.63. The molecule has 0 aliphatic carbocycles. The van der Waals surface area contributed by atoms with Gasteiger partial charge in [0.2, 0.25) is 11.8 Å². The quantitative estimate of drug-likeness (QED) is 0.432. The van der Waals surface area contributed by atoms with Crippen molar-refractivity contribution in [2.75, 3.05) is 12.3 Å². The second-order valence-electron chi connectivity index (χ2n) is 7.66. The minimum absolute atomic E-state index is 0.112. The predicted octanol–water partition coefficient (Wildman–Crippen LogP) is 5.66. The number of amides is 2. The number of carbonyl (C=O) groups is 2. The Morgan fingerprint density at radius 1 is 1.19 bits per heavy atom. The summed E-state index contributed by atoms with van der Waals surface area (Å²) in [7, 11) is 0. The van der Waals surface area contributed by atoms with E-state index < -0.39 is 6.04 Å². The van der Waals surface area contributed by atoms with Crippen molar-refractivity contribution in [3.05, 3.63) is 68.9 Å². The highest BCUT2D eigenvalue weighted by atomic mass is 79.9. The Bertz CT molecular complexity index is 893. The van der Waals surface area contributed by atoms with Gasteiger partial charge in [-0.25, -0.2) is 4.39 Å². The largest absolute Gasteiger partial charge is 0.354 e. The molecule has 8 heteroatoms. The Hall–Kier alpha value is -1.57. The average molecular weight is 530 g/mol. The molecular weight excluding hydrogens is 503 g/mol. The molecule has 0 spiro atoms. The van der Waals surface area contributed by atoms with E-state index in [2.05, 4.69) is 21.2 Å². The minimum Gasteiger partial charge on any atom is -0.354 e. The molecule has 168 valence electrons. The smallest absolute Gasteiger partial charge is 0.242 e. The van der Waals surface area contributed by atoms with Gasteiger partial charge < -0.3 is 10.2 Å². The Morgan fingerprint density at radius 3 is 2.55 bits per heavy atom. The first-order chi connectivity index (χ1) is 14.7. The lowest BCUT2D eigenvalue weighted by Gasteiger charge is -2.29. The van der Waals surface area contributed by atoms with Crippen LogP contribution in [0.25, 0.3) is 0 Å². The van der Waals surface area contributed by atoms with Crippen LogP contribution < -0.4 is 5.32 Å². The Balaban J connectivity index is 2.10. The molecule has 0 bridgehead atoms. The summed E-state index contributed by atoms with van der Waals surface area (Å²) in [6.45, 7) is 6.60. The molecule has 2 aromatic carbocycles. The maximum Gasteiger partial charge on any atom is 0.242 e. The lowest BCUT2D eigenvalue weighted by Crippen LogP contribution is -2.48. The first-order valence-corrected chi connectivity index (χ1v) is 12.3. The first-order valence-electron chi connectivity index (χ1n) is 10.0. The van der Waals surface area contributed by atoms with Gasteiger partial charge in [-0.3, -0.25) is 9.59 Å². The summed E-state index contributed by atoms with van der Waals surface area (Å²) in [5, 5.41) is 3.24. The maximum atomic E-state index is 14.0. The molecule has 31 heavy (non-hydrogen) atoms. The van der Waals surface area contributed by atoms with E-state index in [0.717, 1.165) is 10.0 Å². The third kappa shape index (κ3) is 8.13. The summed E-state index contributed by atoms with van der Waals surface area (Å²) >= 11 is 10.8. The topological polar surface area (TPSA) is 49.4 Å². The Morgan fingerprint density at radius 2 is 1.90 bits per heavy atom. The molecule has 0 aliphatic rings. The van der Waals surface area contributed by atoms with Crippen molar-refractivity contribution in [2.24, 2.45) is 5.92 Å². The van der Waals surface area contributed by atoms with Gasteiger partial charge in [0, 0.05) is 33.9 Å². The van der Waals surface area contributed by atoms with E-state index in [-0.39, 0.29) is 29.1 Å². The highest BCUT2D eigenvalue weighted by molar-refractivity contribution is 9.10. The summed E-state index contributed by atoms with van der Waals surface area (Å²) < 4.78 is 14.9. The van der Waals surface area contributed by atoms with Crippen molar-refractivity contribution in [2.45, 2.75) is 39.1 Å². The van der Waals surface area contributed by atoms with Gasteiger partial charge in [-0.1, -0.05) is 59.6 Å². The van der Waals surface area contributed by atoms with Crippen molar-refractivity contribution < 1.29 is 14.0 Å². The Labute approximate surface area is 201 Å². The van der Waals surface area contributed by atoms with Crippen molar-refractivity contribution in [3.8, 4) is 0 Å². The molecule has 0 saturated carbocycles. The van der Waals surface area contributed by atoms with Crippen LogP contribution in [0, 0.1) is 11.7 Å². The summed E-state index contributed by atoms with van der Waals surface area (Å²) in [6.07, 6.45) is 0. The van der Waals surface area contributed by atoms with Crippen molar-refractivity contribution in [1.29, 1.82) is 0 Å². The lowest BCUT2D eigenvalue weighted by atomic mass is 10.1. The van der Waals surface area contributed by atoms with Gasteiger partial charge in [0.05, 0.1) is 5.75 Å². The van der Waals surface area contributed by atoms with Crippen LogP contribution >= 0.6 is 39.3 Å². The van der Waals surface area contributed by atoms with Gasteiger partial charge in [0.1, 0.15) is 11.9 Å². The third-order valence-corrected chi connectivity index (χ3v) is 6.42. The molecule has 0 aliphatic heterocycles. The van der Waals surface area contributed by atoms with Gasteiger partial charge in [-0.15, -0.1) is 11.8 Å². The van der Waals surface area contributed by atoms with Gasteiger partial charge in [0.25, 0.3) is 0 Å². The second-order valence-corrected chi connectivity index (χ2v) is 9.97. The van der Waals surface area contributed by atoms with Crippen LogP contribution in [0.15, 0.2) is 46.9 Å². The first kappa shape index (κ1) is 25.7. The second kappa shape index (κ2) is 12.5. The molecule has 0 radical (unpaired) electrons. The van der Waals surface area contributed by atoms with Crippen LogP contribution in [0.3, 0.4) is 0 Å². The van der Waals surface area contributed by atoms with E-state index in [9.17, 15) is 14.0 Å². The molecule has 0 unspecified atom stereocenters. The van der Waals surface area contributed by atoms with Gasteiger partial charge in [-0.2, -0.15) is 0 Å². The van der Waals surface area contributed by atoms with Crippen LogP contribution in [-0.4, -0.2) is 35.1 Å². The number of hydrogen-bond acceptors (Lipinski definition) is 3. The number of halogens is 3. The predicted molar refractivity (Wildman–Crippen MR) is 130 cm³/mol.